The van der Waals surface area contributed by atoms with Crippen LogP contribution in [0.4, 0.5) is 5.82 Å². The van der Waals surface area contributed by atoms with E-state index >= 15 is 0 Å². The van der Waals surface area contributed by atoms with Crippen LogP contribution in [0.2, 0.25) is 4.34 Å². The number of aryl methyl sites for hydroxylation is 1. The van der Waals surface area contributed by atoms with E-state index in [9.17, 15) is 0 Å². The van der Waals surface area contributed by atoms with Crippen molar-refractivity contribution in [2.24, 2.45) is 0 Å². The van der Waals surface area contributed by atoms with Gasteiger partial charge in [0.15, 0.2) is 10.8 Å². The average molecular weight is 367 g/mol. The minimum Gasteiger partial charge on any atom is -0.372 e. The van der Waals surface area contributed by atoms with E-state index in [1.54, 1.807) is 6.20 Å². The fourth-order valence-electron chi connectivity index (χ4n) is 1.18. The Kier molecular flexibility index (Phi) is 3.60. The minimum atomic E-state index is 0.610. The van der Waals surface area contributed by atoms with E-state index in [2.05, 4.69) is 42.9 Å². The van der Waals surface area contributed by atoms with Crippen LogP contribution in [0.5, 0.6) is 0 Å². The van der Waals surface area contributed by atoms with Gasteiger partial charge in [0.05, 0.1) is 15.5 Å². The van der Waals surface area contributed by atoms with E-state index in [4.69, 9.17) is 11.6 Å². The molecule has 0 amide bonds. The molecule has 0 aromatic carbocycles. The van der Waals surface area contributed by atoms with Crippen LogP contribution in [0.15, 0.2) is 6.20 Å². The molecular weight excluding hydrogens is 359 g/mol. The van der Waals surface area contributed by atoms with Gasteiger partial charge >= 0.3 is 0 Å². The van der Waals surface area contributed by atoms with Crippen molar-refractivity contribution in [3.63, 3.8) is 0 Å². The van der Waals surface area contributed by atoms with Crippen molar-refractivity contribution >= 4 is 51.3 Å². The topological polar surface area (TPSA) is 50.7 Å². The summed E-state index contributed by atoms with van der Waals surface area (Å²) in [6, 6.07) is 0. The SMILES string of the molecule is CNc1nc(-c2ncc(Cl)s2)nc(C)c1I. The molecular formula is C9H8ClIN4S. The summed E-state index contributed by atoms with van der Waals surface area (Å²) in [7, 11) is 1.84. The molecule has 2 aromatic heterocycles. The molecule has 0 spiro atoms. The average Bonchev–Trinajstić information content (AvgIpc) is 2.69. The van der Waals surface area contributed by atoms with Crippen LogP contribution in [-0.2, 0) is 0 Å². The van der Waals surface area contributed by atoms with Crippen LogP contribution in [0.3, 0.4) is 0 Å². The van der Waals surface area contributed by atoms with Crippen molar-refractivity contribution in [3.8, 4) is 10.8 Å². The van der Waals surface area contributed by atoms with Crippen molar-refractivity contribution in [1.29, 1.82) is 0 Å². The first-order valence-electron chi connectivity index (χ1n) is 4.45. The first-order chi connectivity index (χ1) is 7.61. The summed E-state index contributed by atoms with van der Waals surface area (Å²) in [4.78, 5) is 13.0. The van der Waals surface area contributed by atoms with E-state index in [0.717, 1.165) is 20.1 Å². The van der Waals surface area contributed by atoms with Crippen LogP contribution < -0.4 is 5.32 Å². The first kappa shape index (κ1) is 12.0. The number of anilines is 1. The Balaban J connectivity index is 2.54. The van der Waals surface area contributed by atoms with Crippen molar-refractivity contribution in [3.05, 3.63) is 19.8 Å². The largest absolute Gasteiger partial charge is 0.372 e. The third kappa shape index (κ3) is 2.28. The summed E-state index contributed by atoms with van der Waals surface area (Å²) >= 11 is 9.43. The molecule has 0 fully saturated rings. The maximum absolute atomic E-state index is 5.84. The molecule has 0 aliphatic heterocycles. The maximum Gasteiger partial charge on any atom is 0.191 e. The van der Waals surface area contributed by atoms with Crippen LogP contribution >= 0.6 is 45.5 Å². The Morgan fingerprint density at radius 3 is 2.75 bits per heavy atom. The Labute approximate surface area is 116 Å². The van der Waals surface area contributed by atoms with Crippen LogP contribution in [0.25, 0.3) is 10.8 Å². The predicted molar refractivity (Wildman–Crippen MR) is 75.2 cm³/mol. The fourth-order valence-corrected chi connectivity index (χ4v) is 2.54. The van der Waals surface area contributed by atoms with Gasteiger partial charge in [0, 0.05) is 7.05 Å². The van der Waals surface area contributed by atoms with Crippen molar-refractivity contribution < 1.29 is 0 Å². The maximum atomic E-state index is 5.84. The van der Waals surface area contributed by atoms with Crippen molar-refractivity contribution in [1.82, 2.24) is 15.0 Å². The van der Waals surface area contributed by atoms with Gasteiger partial charge in [-0.05, 0) is 29.5 Å². The lowest BCUT2D eigenvalue weighted by atomic mass is 10.4. The monoisotopic (exact) mass is 366 g/mol. The summed E-state index contributed by atoms with van der Waals surface area (Å²) in [6.07, 6.45) is 1.61. The minimum absolute atomic E-state index is 0.610. The van der Waals surface area contributed by atoms with E-state index < -0.39 is 0 Å². The lowest BCUT2D eigenvalue weighted by Gasteiger charge is -2.06. The van der Waals surface area contributed by atoms with Gasteiger partial charge in [-0.3, -0.25) is 0 Å². The van der Waals surface area contributed by atoms with Gasteiger partial charge in [0.2, 0.25) is 0 Å². The molecule has 0 saturated carbocycles. The number of halogens is 2. The van der Waals surface area contributed by atoms with E-state index in [-0.39, 0.29) is 0 Å². The number of rotatable bonds is 2. The number of thiazole rings is 1. The summed E-state index contributed by atoms with van der Waals surface area (Å²) in [5, 5.41) is 3.78. The molecule has 4 nitrogen and oxygen atoms in total. The third-order valence-corrected chi connectivity index (χ3v) is 4.32. The first-order valence-corrected chi connectivity index (χ1v) is 6.72. The number of hydrogen-bond acceptors (Lipinski definition) is 5. The zero-order valence-electron chi connectivity index (χ0n) is 8.58. The molecule has 16 heavy (non-hydrogen) atoms. The highest BCUT2D eigenvalue weighted by Crippen LogP contribution is 2.28. The highest BCUT2D eigenvalue weighted by Gasteiger charge is 2.12. The Bertz CT molecular complexity index is 528. The van der Waals surface area contributed by atoms with Crippen LogP contribution in [-0.4, -0.2) is 22.0 Å². The molecule has 84 valence electrons. The highest BCUT2D eigenvalue weighted by molar-refractivity contribution is 14.1. The third-order valence-electron chi connectivity index (χ3n) is 1.92. The molecule has 0 bridgehead atoms. The van der Waals surface area contributed by atoms with Crippen LogP contribution in [0, 0.1) is 10.5 Å². The summed E-state index contributed by atoms with van der Waals surface area (Å²) in [5.74, 6) is 1.42. The van der Waals surface area contributed by atoms with E-state index in [0.29, 0.717) is 10.2 Å². The van der Waals surface area contributed by atoms with Crippen molar-refractivity contribution in [2.75, 3.05) is 12.4 Å². The molecule has 0 unspecified atom stereocenters. The molecule has 0 aliphatic carbocycles. The van der Waals surface area contributed by atoms with E-state index in [1.165, 1.54) is 11.3 Å². The second-order valence-electron chi connectivity index (χ2n) is 3.01. The van der Waals surface area contributed by atoms with Gasteiger partial charge < -0.3 is 5.32 Å². The lowest BCUT2D eigenvalue weighted by Crippen LogP contribution is -2.02. The highest BCUT2D eigenvalue weighted by atomic mass is 127. The normalized spacial score (nSPS) is 10.5. The zero-order chi connectivity index (χ0) is 11.7. The lowest BCUT2D eigenvalue weighted by molar-refractivity contribution is 1.08. The van der Waals surface area contributed by atoms with Gasteiger partial charge in [0.25, 0.3) is 0 Å². The molecule has 2 rings (SSSR count). The molecule has 1 N–H and O–H groups in total. The summed E-state index contributed by atoms with van der Waals surface area (Å²) in [6.45, 7) is 1.95. The molecule has 0 saturated heterocycles. The molecule has 2 aromatic rings. The number of nitrogens with zero attached hydrogens (tertiary/aromatic N) is 3. The fraction of sp³-hybridized carbons (Fsp3) is 0.222. The molecule has 0 radical (unpaired) electrons. The predicted octanol–water partition coefficient (Wildman–Crippen LogP) is 3.21. The second kappa shape index (κ2) is 4.80. The van der Waals surface area contributed by atoms with Crippen molar-refractivity contribution in [2.45, 2.75) is 6.92 Å². The number of nitrogens with one attached hydrogen (secondary N) is 1. The van der Waals surface area contributed by atoms with Gasteiger partial charge in [-0.2, -0.15) is 0 Å². The molecule has 0 aliphatic rings. The Morgan fingerprint density at radius 1 is 1.44 bits per heavy atom. The van der Waals surface area contributed by atoms with Gasteiger partial charge in [0.1, 0.15) is 10.2 Å². The van der Waals surface area contributed by atoms with Crippen LogP contribution in [0.1, 0.15) is 5.69 Å². The quantitative estimate of drug-likeness (QED) is 0.829. The molecule has 0 atom stereocenters. The number of aromatic nitrogens is 3. The smallest absolute Gasteiger partial charge is 0.191 e. The summed E-state index contributed by atoms with van der Waals surface area (Å²) < 4.78 is 1.66. The van der Waals surface area contributed by atoms with Gasteiger partial charge in [-0.1, -0.05) is 22.9 Å². The Hall–Kier alpha value is -0.470. The van der Waals surface area contributed by atoms with E-state index in [1.807, 2.05) is 14.0 Å². The molecule has 7 heteroatoms. The second-order valence-corrected chi connectivity index (χ2v) is 5.76. The Morgan fingerprint density at radius 2 is 2.19 bits per heavy atom. The van der Waals surface area contributed by atoms with Gasteiger partial charge in [-0.25, -0.2) is 15.0 Å². The number of hydrogen-bond donors (Lipinski definition) is 1. The standard InChI is InChI=1S/C9H8ClIN4S/c1-4-6(11)7(12-2)15-8(14-4)9-13-3-5(10)16-9/h3H,1-2H3,(H,12,14,15). The molecule has 2 heterocycles. The van der Waals surface area contributed by atoms with Gasteiger partial charge in [-0.15, -0.1) is 0 Å². The summed E-state index contributed by atoms with van der Waals surface area (Å²) in [5.41, 5.74) is 0.932. The zero-order valence-corrected chi connectivity index (χ0v) is 12.3.